The molecule has 1 aliphatic carbocycles. The first-order chi connectivity index (χ1) is 9.31. The van der Waals surface area contributed by atoms with E-state index in [1.165, 1.54) is 64.6 Å². The Hall–Kier alpha value is -0.120. The van der Waals surface area contributed by atoms with Crippen LogP contribution in [0.25, 0.3) is 0 Å². The molecule has 2 aliphatic heterocycles. The van der Waals surface area contributed by atoms with E-state index in [4.69, 9.17) is 4.74 Å². The van der Waals surface area contributed by atoms with Crippen LogP contribution in [0.4, 0.5) is 0 Å². The number of likely N-dealkylation sites (tertiary alicyclic amines) is 1. The van der Waals surface area contributed by atoms with Gasteiger partial charge in [0, 0.05) is 37.2 Å². The van der Waals surface area contributed by atoms with Crippen molar-refractivity contribution >= 4 is 0 Å². The fraction of sp³-hybridized carbons (Fsp3) is 1.00. The molecule has 2 atom stereocenters. The van der Waals surface area contributed by atoms with Crippen LogP contribution in [0, 0.1) is 5.41 Å². The summed E-state index contributed by atoms with van der Waals surface area (Å²) in [4.78, 5) is 2.75. The summed E-state index contributed by atoms with van der Waals surface area (Å²) < 4.78 is 5.85. The van der Waals surface area contributed by atoms with Gasteiger partial charge >= 0.3 is 0 Å². The normalized spacial score (nSPS) is 36.8. The summed E-state index contributed by atoms with van der Waals surface area (Å²) in [7, 11) is 0. The third-order valence-electron chi connectivity index (χ3n) is 5.26. The molecule has 1 N–H and O–H groups in total. The third-order valence-corrected chi connectivity index (χ3v) is 5.26. The lowest BCUT2D eigenvalue weighted by molar-refractivity contribution is -0.0284. The van der Waals surface area contributed by atoms with Crippen molar-refractivity contribution in [1.29, 1.82) is 0 Å². The van der Waals surface area contributed by atoms with Crippen LogP contribution in [-0.4, -0.2) is 49.8 Å². The zero-order chi connectivity index (χ0) is 13.1. The molecule has 3 aliphatic rings. The largest absolute Gasteiger partial charge is 0.381 e. The highest BCUT2D eigenvalue weighted by atomic mass is 16.5. The number of hydrogen-bond donors (Lipinski definition) is 1. The molecule has 0 aromatic rings. The van der Waals surface area contributed by atoms with Crippen LogP contribution in [0.15, 0.2) is 0 Å². The Bertz CT molecular complexity index is 284. The fourth-order valence-electron chi connectivity index (χ4n) is 3.87. The number of rotatable bonds is 6. The van der Waals surface area contributed by atoms with Gasteiger partial charge in [-0.05, 0) is 51.5 Å². The molecule has 0 amide bonds. The summed E-state index contributed by atoms with van der Waals surface area (Å²) >= 11 is 0. The molecule has 0 aromatic heterocycles. The molecule has 2 heterocycles. The van der Waals surface area contributed by atoms with Gasteiger partial charge in [0.05, 0.1) is 6.61 Å². The molecule has 110 valence electrons. The number of ether oxygens (including phenoxy) is 1. The topological polar surface area (TPSA) is 24.5 Å². The summed E-state index contributed by atoms with van der Waals surface area (Å²) in [6.07, 6.45) is 9.48. The third kappa shape index (κ3) is 3.50. The second-order valence-electron chi connectivity index (χ2n) is 6.99. The van der Waals surface area contributed by atoms with Crippen molar-refractivity contribution in [2.75, 3.05) is 32.8 Å². The second-order valence-corrected chi connectivity index (χ2v) is 6.99. The molecule has 2 unspecified atom stereocenters. The quantitative estimate of drug-likeness (QED) is 0.799. The van der Waals surface area contributed by atoms with E-state index in [0.29, 0.717) is 5.41 Å². The number of nitrogens with one attached hydrogen (secondary N) is 1. The number of nitrogens with zero attached hydrogens (tertiary/aromatic N) is 1. The molecule has 3 heteroatoms. The van der Waals surface area contributed by atoms with E-state index >= 15 is 0 Å². The van der Waals surface area contributed by atoms with Crippen molar-refractivity contribution in [2.24, 2.45) is 5.41 Å². The van der Waals surface area contributed by atoms with Gasteiger partial charge in [0.1, 0.15) is 0 Å². The van der Waals surface area contributed by atoms with Crippen LogP contribution >= 0.6 is 0 Å². The minimum absolute atomic E-state index is 0.388. The molecule has 3 nitrogen and oxygen atoms in total. The van der Waals surface area contributed by atoms with Crippen molar-refractivity contribution in [2.45, 2.75) is 64.0 Å². The Kier molecular flexibility index (Phi) is 4.45. The summed E-state index contributed by atoms with van der Waals surface area (Å²) in [6.45, 7) is 8.02. The van der Waals surface area contributed by atoms with Crippen LogP contribution in [0.5, 0.6) is 0 Å². The van der Waals surface area contributed by atoms with E-state index in [0.717, 1.165) is 25.3 Å². The van der Waals surface area contributed by atoms with Crippen LogP contribution in [0.3, 0.4) is 0 Å². The average Bonchev–Trinajstić information content (AvgIpc) is 3.17. The van der Waals surface area contributed by atoms with Crippen LogP contribution in [0.2, 0.25) is 0 Å². The van der Waals surface area contributed by atoms with Gasteiger partial charge in [-0.3, -0.25) is 4.90 Å². The van der Waals surface area contributed by atoms with Crippen LogP contribution < -0.4 is 5.32 Å². The van der Waals surface area contributed by atoms with Crippen LogP contribution in [-0.2, 0) is 4.74 Å². The van der Waals surface area contributed by atoms with Crippen molar-refractivity contribution in [3.63, 3.8) is 0 Å². The van der Waals surface area contributed by atoms with E-state index in [1.54, 1.807) is 0 Å². The summed E-state index contributed by atoms with van der Waals surface area (Å²) in [5, 5.41) is 3.77. The van der Waals surface area contributed by atoms with E-state index in [1.807, 2.05) is 0 Å². The fourth-order valence-corrected chi connectivity index (χ4v) is 3.87. The van der Waals surface area contributed by atoms with E-state index < -0.39 is 0 Å². The molecule has 3 fully saturated rings. The zero-order valence-corrected chi connectivity index (χ0v) is 12.5. The Morgan fingerprint density at radius 2 is 2.16 bits per heavy atom. The lowest BCUT2D eigenvalue weighted by Gasteiger charge is -2.41. The minimum atomic E-state index is 0.388. The van der Waals surface area contributed by atoms with E-state index in [2.05, 4.69) is 17.1 Å². The van der Waals surface area contributed by atoms with Gasteiger partial charge in [-0.25, -0.2) is 0 Å². The van der Waals surface area contributed by atoms with Gasteiger partial charge in [-0.15, -0.1) is 0 Å². The Morgan fingerprint density at radius 1 is 1.26 bits per heavy atom. The monoisotopic (exact) mass is 266 g/mol. The highest BCUT2D eigenvalue weighted by Gasteiger charge is 2.38. The Labute approximate surface area is 118 Å². The van der Waals surface area contributed by atoms with E-state index in [-0.39, 0.29) is 0 Å². The van der Waals surface area contributed by atoms with Crippen molar-refractivity contribution in [3.8, 4) is 0 Å². The highest BCUT2D eigenvalue weighted by molar-refractivity contribution is 4.93. The predicted octanol–water partition coefficient (Wildman–Crippen LogP) is 2.41. The Morgan fingerprint density at radius 3 is 2.84 bits per heavy atom. The first-order valence-corrected chi connectivity index (χ1v) is 8.36. The molecule has 19 heavy (non-hydrogen) atoms. The molecule has 0 spiro atoms. The van der Waals surface area contributed by atoms with Gasteiger partial charge in [0.25, 0.3) is 0 Å². The number of hydrogen-bond acceptors (Lipinski definition) is 3. The molecule has 0 radical (unpaired) electrons. The first-order valence-electron chi connectivity index (χ1n) is 8.36. The summed E-state index contributed by atoms with van der Waals surface area (Å²) in [5.74, 6) is 0. The molecular weight excluding hydrogens is 236 g/mol. The van der Waals surface area contributed by atoms with Crippen molar-refractivity contribution < 1.29 is 4.74 Å². The van der Waals surface area contributed by atoms with Crippen molar-refractivity contribution in [1.82, 2.24) is 10.2 Å². The Balaban J connectivity index is 1.60. The van der Waals surface area contributed by atoms with Gasteiger partial charge in [0.2, 0.25) is 0 Å². The molecule has 0 bridgehead atoms. The maximum Gasteiger partial charge on any atom is 0.0546 e. The van der Waals surface area contributed by atoms with Gasteiger partial charge in [-0.2, -0.15) is 0 Å². The van der Waals surface area contributed by atoms with Gasteiger partial charge in [0.15, 0.2) is 0 Å². The molecule has 3 rings (SSSR count). The first kappa shape index (κ1) is 13.8. The average molecular weight is 266 g/mol. The summed E-state index contributed by atoms with van der Waals surface area (Å²) in [6, 6.07) is 1.65. The SMILES string of the molecule is CCC1CCCN1CC1(CNC2CC2)CCCOC1. The van der Waals surface area contributed by atoms with Crippen LogP contribution in [0.1, 0.15) is 51.9 Å². The molecule has 2 saturated heterocycles. The standard InChI is InChI=1S/C16H30N2O/c1-2-15-5-3-9-18(15)12-16(8-4-10-19-13-16)11-17-14-6-7-14/h14-15,17H,2-13H2,1H3. The highest BCUT2D eigenvalue weighted by Crippen LogP contribution is 2.33. The van der Waals surface area contributed by atoms with Gasteiger partial charge < -0.3 is 10.1 Å². The lowest BCUT2D eigenvalue weighted by Crippen LogP contribution is -2.50. The van der Waals surface area contributed by atoms with Gasteiger partial charge in [-0.1, -0.05) is 6.92 Å². The zero-order valence-electron chi connectivity index (χ0n) is 12.5. The maximum absolute atomic E-state index is 5.85. The lowest BCUT2D eigenvalue weighted by atomic mass is 9.81. The molecule has 1 saturated carbocycles. The van der Waals surface area contributed by atoms with Crippen molar-refractivity contribution in [3.05, 3.63) is 0 Å². The van der Waals surface area contributed by atoms with E-state index in [9.17, 15) is 0 Å². The smallest absolute Gasteiger partial charge is 0.0546 e. The maximum atomic E-state index is 5.85. The minimum Gasteiger partial charge on any atom is -0.381 e. The summed E-state index contributed by atoms with van der Waals surface area (Å²) in [5.41, 5.74) is 0.388. The molecular formula is C16H30N2O. The molecule has 0 aromatic carbocycles. The predicted molar refractivity (Wildman–Crippen MR) is 78.4 cm³/mol. The second kappa shape index (κ2) is 6.11.